The molecule has 0 radical (unpaired) electrons. The number of sulfonamides is 1. The highest BCUT2D eigenvalue weighted by Crippen LogP contribution is 2.22. The lowest BCUT2D eigenvalue weighted by atomic mass is 10.1. The molecule has 0 spiro atoms. The van der Waals surface area contributed by atoms with Crippen LogP contribution in [0.5, 0.6) is 0 Å². The quantitative estimate of drug-likeness (QED) is 0.737. The Morgan fingerprint density at radius 1 is 1.12 bits per heavy atom. The first-order valence-electron chi connectivity index (χ1n) is 7.67. The molecule has 3 N–H and O–H groups in total. The fraction of sp³-hybridized carbons (Fsp3) is 0.111. The van der Waals surface area contributed by atoms with Crippen LogP contribution in [0.15, 0.2) is 47.4 Å². The maximum Gasteiger partial charge on any atom is 0.257 e. The average Bonchev–Trinajstić information content (AvgIpc) is 2.54. The smallest absolute Gasteiger partial charge is 0.257 e. The van der Waals surface area contributed by atoms with Crippen LogP contribution in [0.2, 0.25) is 0 Å². The number of primary sulfonamides is 1. The lowest BCUT2D eigenvalue weighted by Crippen LogP contribution is -2.17. The van der Waals surface area contributed by atoms with Crippen molar-refractivity contribution in [3.63, 3.8) is 0 Å². The Kier molecular flexibility index (Phi) is 4.47. The summed E-state index contributed by atoms with van der Waals surface area (Å²) in [5.41, 5.74) is 1.96. The second-order valence-corrected chi connectivity index (χ2v) is 7.47. The van der Waals surface area contributed by atoms with Gasteiger partial charge in [-0.3, -0.25) is 9.78 Å². The summed E-state index contributed by atoms with van der Waals surface area (Å²) in [5, 5.41) is 8.45. The average molecular weight is 373 g/mol. The summed E-state index contributed by atoms with van der Waals surface area (Å²) < 4.78 is 36.5. The number of aryl methyl sites for hydroxylation is 2. The number of fused-ring (bicyclic) bond motifs is 1. The molecule has 1 amide bonds. The monoisotopic (exact) mass is 373 g/mol. The molecule has 3 aromatic rings. The van der Waals surface area contributed by atoms with Crippen molar-refractivity contribution in [2.75, 3.05) is 5.32 Å². The Labute approximate surface area is 149 Å². The predicted octanol–water partition coefficient (Wildman–Crippen LogP) is 2.89. The number of halogens is 1. The number of anilines is 1. The van der Waals surface area contributed by atoms with Crippen LogP contribution in [0.1, 0.15) is 21.6 Å². The SMILES string of the molecule is Cc1ccc(NC(=O)c2cc3ccc(F)cc3nc2C)cc1S(N)(=O)=O. The number of nitrogens with zero attached hydrogens (tertiary/aromatic N) is 1. The molecule has 1 heterocycles. The molecule has 8 heteroatoms. The van der Waals surface area contributed by atoms with Crippen molar-refractivity contribution < 1.29 is 17.6 Å². The van der Waals surface area contributed by atoms with E-state index in [0.717, 1.165) is 0 Å². The normalized spacial score (nSPS) is 11.5. The van der Waals surface area contributed by atoms with Crippen LogP contribution in [0.25, 0.3) is 10.9 Å². The number of carbonyl (C=O) groups is 1. The molecule has 0 unspecified atom stereocenters. The van der Waals surface area contributed by atoms with E-state index in [-0.39, 0.29) is 4.90 Å². The molecular formula is C18H16FN3O3S. The summed E-state index contributed by atoms with van der Waals surface area (Å²) in [5.74, 6) is -0.859. The zero-order valence-corrected chi connectivity index (χ0v) is 14.9. The summed E-state index contributed by atoms with van der Waals surface area (Å²) in [4.78, 5) is 16.8. The molecule has 0 aliphatic heterocycles. The van der Waals surface area contributed by atoms with Gasteiger partial charge in [-0.2, -0.15) is 0 Å². The molecule has 0 saturated heterocycles. The molecule has 2 aromatic carbocycles. The van der Waals surface area contributed by atoms with Gasteiger partial charge in [0, 0.05) is 17.1 Å². The van der Waals surface area contributed by atoms with Crippen molar-refractivity contribution in [1.82, 2.24) is 4.98 Å². The molecular weight excluding hydrogens is 357 g/mol. The number of amides is 1. The van der Waals surface area contributed by atoms with Crippen LogP contribution in [-0.2, 0) is 10.0 Å². The van der Waals surface area contributed by atoms with Gasteiger partial charge in [0.2, 0.25) is 10.0 Å². The van der Waals surface area contributed by atoms with E-state index < -0.39 is 21.7 Å². The Morgan fingerprint density at radius 3 is 2.54 bits per heavy atom. The van der Waals surface area contributed by atoms with Gasteiger partial charge in [-0.15, -0.1) is 0 Å². The molecule has 1 aromatic heterocycles. The zero-order chi connectivity index (χ0) is 19.1. The van der Waals surface area contributed by atoms with E-state index in [2.05, 4.69) is 10.3 Å². The Morgan fingerprint density at radius 2 is 1.85 bits per heavy atom. The van der Waals surface area contributed by atoms with Gasteiger partial charge in [-0.1, -0.05) is 6.07 Å². The number of nitrogens with two attached hydrogens (primary N) is 1. The van der Waals surface area contributed by atoms with Crippen molar-refractivity contribution in [3.05, 3.63) is 65.1 Å². The van der Waals surface area contributed by atoms with Gasteiger partial charge in [0.1, 0.15) is 5.82 Å². The maximum absolute atomic E-state index is 13.3. The number of hydrogen-bond donors (Lipinski definition) is 2. The summed E-state index contributed by atoms with van der Waals surface area (Å²) in [6.07, 6.45) is 0. The Bertz CT molecular complexity index is 1140. The second kappa shape index (κ2) is 6.47. The van der Waals surface area contributed by atoms with Crippen LogP contribution >= 0.6 is 0 Å². The molecule has 0 fully saturated rings. The number of aromatic nitrogens is 1. The van der Waals surface area contributed by atoms with E-state index in [4.69, 9.17) is 5.14 Å². The molecule has 0 saturated carbocycles. The number of nitrogens with one attached hydrogen (secondary N) is 1. The molecule has 0 aliphatic carbocycles. The third-order valence-electron chi connectivity index (χ3n) is 3.97. The molecule has 0 atom stereocenters. The predicted molar refractivity (Wildman–Crippen MR) is 96.9 cm³/mol. The lowest BCUT2D eigenvalue weighted by molar-refractivity contribution is 0.102. The van der Waals surface area contributed by atoms with Gasteiger partial charge in [0.25, 0.3) is 5.91 Å². The van der Waals surface area contributed by atoms with E-state index in [9.17, 15) is 17.6 Å². The summed E-state index contributed by atoms with van der Waals surface area (Å²) in [7, 11) is -3.90. The largest absolute Gasteiger partial charge is 0.322 e. The first kappa shape index (κ1) is 18.0. The fourth-order valence-electron chi connectivity index (χ4n) is 2.65. The first-order valence-corrected chi connectivity index (χ1v) is 9.21. The third kappa shape index (κ3) is 3.56. The van der Waals surface area contributed by atoms with Gasteiger partial charge < -0.3 is 5.32 Å². The van der Waals surface area contributed by atoms with Crippen molar-refractivity contribution in [3.8, 4) is 0 Å². The van der Waals surface area contributed by atoms with Crippen LogP contribution in [0.4, 0.5) is 10.1 Å². The molecule has 0 bridgehead atoms. The molecule has 26 heavy (non-hydrogen) atoms. The van der Waals surface area contributed by atoms with Crippen molar-refractivity contribution in [2.45, 2.75) is 18.7 Å². The van der Waals surface area contributed by atoms with Crippen molar-refractivity contribution in [2.24, 2.45) is 5.14 Å². The summed E-state index contributed by atoms with van der Waals surface area (Å²) >= 11 is 0. The van der Waals surface area contributed by atoms with Crippen LogP contribution in [-0.4, -0.2) is 19.3 Å². The fourth-order valence-corrected chi connectivity index (χ4v) is 3.46. The van der Waals surface area contributed by atoms with Crippen LogP contribution in [0.3, 0.4) is 0 Å². The van der Waals surface area contributed by atoms with Gasteiger partial charge in [0.15, 0.2) is 0 Å². The minimum Gasteiger partial charge on any atom is -0.322 e. The molecule has 6 nitrogen and oxygen atoms in total. The molecule has 3 rings (SSSR count). The minimum absolute atomic E-state index is 0.0564. The number of hydrogen-bond acceptors (Lipinski definition) is 4. The number of pyridine rings is 1. The standard InChI is InChI=1S/C18H16FN3O3S/c1-10-3-6-14(9-17(10)26(20,24)25)22-18(23)15-7-12-4-5-13(19)8-16(12)21-11(15)2/h3-9H,1-2H3,(H,22,23)(H2,20,24,25). The first-order chi connectivity index (χ1) is 12.1. The number of carbonyl (C=O) groups excluding carboxylic acids is 1. The summed E-state index contributed by atoms with van der Waals surface area (Å²) in [6, 6.07) is 10.2. The van der Waals surface area contributed by atoms with Crippen LogP contribution < -0.4 is 10.5 Å². The van der Waals surface area contributed by atoms with E-state index in [1.807, 2.05) is 0 Å². The number of benzene rings is 2. The lowest BCUT2D eigenvalue weighted by Gasteiger charge is -2.11. The van der Waals surface area contributed by atoms with Gasteiger partial charge >= 0.3 is 0 Å². The van der Waals surface area contributed by atoms with Gasteiger partial charge in [-0.05, 0) is 49.7 Å². The minimum atomic E-state index is -3.90. The molecule has 0 aliphatic rings. The maximum atomic E-state index is 13.3. The highest BCUT2D eigenvalue weighted by molar-refractivity contribution is 7.89. The molecule has 134 valence electrons. The van der Waals surface area contributed by atoms with E-state index in [1.165, 1.54) is 18.2 Å². The topological polar surface area (TPSA) is 102 Å². The van der Waals surface area contributed by atoms with E-state index in [1.54, 1.807) is 38.1 Å². The summed E-state index contributed by atoms with van der Waals surface area (Å²) in [6.45, 7) is 3.26. The Hall–Kier alpha value is -2.84. The Balaban J connectivity index is 1.97. The highest BCUT2D eigenvalue weighted by Gasteiger charge is 2.16. The number of rotatable bonds is 3. The van der Waals surface area contributed by atoms with E-state index in [0.29, 0.717) is 33.4 Å². The van der Waals surface area contributed by atoms with Crippen LogP contribution in [0, 0.1) is 19.7 Å². The van der Waals surface area contributed by atoms with Crippen molar-refractivity contribution in [1.29, 1.82) is 0 Å². The third-order valence-corrected chi connectivity index (χ3v) is 5.02. The second-order valence-electron chi connectivity index (χ2n) is 5.94. The van der Waals surface area contributed by atoms with Gasteiger partial charge in [0.05, 0.1) is 21.7 Å². The van der Waals surface area contributed by atoms with Crippen molar-refractivity contribution >= 4 is 32.5 Å². The van der Waals surface area contributed by atoms with E-state index >= 15 is 0 Å². The zero-order valence-electron chi connectivity index (χ0n) is 14.1. The van der Waals surface area contributed by atoms with Gasteiger partial charge in [-0.25, -0.2) is 17.9 Å². The highest BCUT2D eigenvalue weighted by atomic mass is 32.2.